The molecule has 0 saturated carbocycles. The Morgan fingerprint density at radius 2 is 1.61 bits per heavy atom. The lowest BCUT2D eigenvalue weighted by atomic mass is 10.0. The van der Waals surface area contributed by atoms with Crippen LogP contribution in [0, 0.1) is 5.82 Å². The van der Waals surface area contributed by atoms with Gasteiger partial charge in [0.1, 0.15) is 5.82 Å². The van der Waals surface area contributed by atoms with Crippen LogP contribution in [0.15, 0.2) is 83.8 Å². The van der Waals surface area contributed by atoms with Gasteiger partial charge in [-0.15, -0.1) is 0 Å². The molecule has 1 atom stereocenters. The van der Waals surface area contributed by atoms with Crippen molar-refractivity contribution in [3.8, 4) is 0 Å². The molecule has 0 aliphatic rings. The zero-order valence-corrected chi connectivity index (χ0v) is 15.0. The summed E-state index contributed by atoms with van der Waals surface area (Å²) in [5.74, 6) is -1.65. The number of hydrogen-bond acceptors (Lipinski definition) is 3. The first-order chi connectivity index (χ1) is 13.6. The molecule has 2 aromatic carbocycles. The smallest absolute Gasteiger partial charge is 0.251 e. The van der Waals surface area contributed by atoms with Crippen LogP contribution in [-0.4, -0.2) is 22.8 Å². The molecule has 0 spiro atoms. The van der Waals surface area contributed by atoms with Gasteiger partial charge in [-0.25, -0.2) is 4.39 Å². The van der Waals surface area contributed by atoms with E-state index in [-0.39, 0.29) is 5.56 Å². The van der Waals surface area contributed by atoms with Crippen LogP contribution in [0.25, 0.3) is 0 Å². The van der Waals surface area contributed by atoms with Crippen LogP contribution < -0.4 is 10.9 Å². The molecule has 0 bridgehead atoms. The predicted octanol–water partition coefficient (Wildman–Crippen LogP) is 2.77. The molecule has 6 heteroatoms. The lowest BCUT2D eigenvalue weighted by Crippen LogP contribution is -2.41. The van der Waals surface area contributed by atoms with E-state index in [2.05, 4.69) is 5.32 Å². The van der Waals surface area contributed by atoms with E-state index in [4.69, 9.17) is 0 Å². The number of nitrogens with zero attached hydrogens (tertiary/aromatic N) is 1. The summed E-state index contributed by atoms with van der Waals surface area (Å²) in [7, 11) is 0. The van der Waals surface area contributed by atoms with E-state index in [1.165, 1.54) is 30.5 Å². The highest BCUT2D eigenvalue weighted by Gasteiger charge is 2.29. The fraction of sp³-hybridized carbons (Fsp3) is 0.136. The van der Waals surface area contributed by atoms with Gasteiger partial charge in [-0.1, -0.05) is 36.4 Å². The van der Waals surface area contributed by atoms with Crippen LogP contribution >= 0.6 is 0 Å². The number of rotatable bonds is 7. The van der Waals surface area contributed by atoms with Crippen molar-refractivity contribution in [3.63, 3.8) is 0 Å². The first-order valence-electron chi connectivity index (χ1n) is 8.85. The molecule has 0 fully saturated rings. The Balaban J connectivity index is 1.82. The average Bonchev–Trinajstić information content (AvgIpc) is 2.71. The summed E-state index contributed by atoms with van der Waals surface area (Å²) in [6.45, 7) is 0.317. The molecule has 142 valence electrons. The molecule has 0 radical (unpaired) electrons. The number of halogens is 1. The molecule has 0 aliphatic heterocycles. The van der Waals surface area contributed by atoms with Gasteiger partial charge >= 0.3 is 0 Å². The van der Waals surface area contributed by atoms with E-state index in [1.807, 2.05) is 30.3 Å². The van der Waals surface area contributed by atoms with Crippen molar-refractivity contribution >= 4 is 11.7 Å². The molecule has 0 aliphatic carbocycles. The lowest BCUT2D eigenvalue weighted by Gasteiger charge is -2.18. The molecule has 28 heavy (non-hydrogen) atoms. The first-order valence-corrected chi connectivity index (χ1v) is 8.85. The van der Waals surface area contributed by atoms with Crippen molar-refractivity contribution in [1.82, 2.24) is 9.88 Å². The van der Waals surface area contributed by atoms with Crippen molar-refractivity contribution in [2.75, 3.05) is 6.54 Å². The Bertz CT molecular complexity index is 1010. The van der Waals surface area contributed by atoms with E-state index in [1.54, 1.807) is 6.07 Å². The van der Waals surface area contributed by atoms with E-state index >= 15 is 0 Å². The van der Waals surface area contributed by atoms with Crippen LogP contribution in [0.4, 0.5) is 4.39 Å². The Kier molecular flexibility index (Phi) is 6.11. The monoisotopic (exact) mass is 378 g/mol. The second kappa shape index (κ2) is 8.90. The number of pyridine rings is 1. The van der Waals surface area contributed by atoms with Gasteiger partial charge in [-0.3, -0.25) is 19.0 Å². The largest absolute Gasteiger partial charge is 0.354 e. The summed E-state index contributed by atoms with van der Waals surface area (Å²) in [6.07, 6.45) is 1.99. The lowest BCUT2D eigenvalue weighted by molar-refractivity contribution is -0.123. The topological polar surface area (TPSA) is 68.2 Å². The minimum Gasteiger partial charge on any atom is -0.354 e. The van der Waals surface area contributed by atoms with Gasteiger partial charge in [-0.05, 0) is 42.3 Å². The predicted molar refractivity (Wildman–Crippen MR) is 104 cm³/mol. The van der Waals surface area contributed by atoms with E-state index in [0.717, 1.165) is 22.3 Å². The fourth-order valence-electron chi connectivity index (χ4n) is 2.87. The third-order valence-electron chi connectivity index (χ3n) is 4.31. The summed E-state index contributed by atoms with van der Waals surface area (Å²) in [4.78, 5) is 38.0. The molecule has 1 heterocycles. The van der Waals surface area contributed by atoms with Crippen LogP contribution in [0.5, 0.6) is 0 Å². The van der Waals surface area contributed by atoms with Crippen molar-refractivity contribution in [3.05, 3.63) is 106 Å². The number of aromatic nitrogens is 1. The second-order valence-corrected chi connectivity index (χ2v) is 6.25. The summed E-state index contributed by atoms with van der Waals surface area (Å²) in [5.41, 5.74) is 0.725. The molecule has 0 saturated heterocycles. The van der Waals surface area contributed by atoms with Gasteiger partial charge < -0.3 is 5.32 Å². The Hall–Kier alpha value is -3.54. The average molecular weight is 378 g/mol. The number of hydrogen-bond donors (Lipinski definition) is 1. The summed E-state index contributed by atoms with van der Waals surface area (Å²) >= 11 is 0. The highest BCUT2D eigenvalue weighted by Crippen LogP contribution is 2.14. The maximum absolute atomic E-state index is 13.2. The van der Waals surface area contributed by atoms with Gasteiger partial charge in [0.2, 0.25) is 0 Å². The molecule has 5 nitrogen and oxygen atoms in total. The normalized spacial score (nSPS) is 11.6. The Morgan fingerprint density at radius 3 is 2.29 bits per heavy atom. The number of benzene rings is 2. The maximum Gasteiger partial charge on any atom is 0.251 e. The molecular weight excluding hydrogens is 359 g/mol. The van der Waals surface area contributed by atoms with Crippen molar-refractivity contribution in [1.29, 1.82) is 0 Å². The van der Waals surface area contributed by atoms with Crippen LogP contribution in [0.1, 0.15) is 22.0 Å². The minimum absolute atomic E-state index is 0.153. The fourth-order valence-corrected chi connectivity index (χ4v) is 2.87. The number of ketones is 1. The van der Waals surface area contributed by atoms with Crippen LogP contribution in [0.2, 0.25) is 0 Å². The molecule has 1 aromatic heterocycles. The Labute approximate surface area is 161 Å². The number of amides is 1. The molecule has 1 N–H and O–H groups in total. The van der Waals surface area contributed by atoms with Crippen LogP contribution in [-0.2, 0) is 11.2 Å². The highest BCUT2D eigenvalue weighted by atomic mass is 19.1. The maximum atomic E-state index is 13.2. The third kappa shape index (κ3) is 4.59. The standard InChI is InChI=1S/C22H19FN2O3/c23-18-11-9-17(10-12-18)21(27)20(25-15-5-4-8-19(25)26)22(28)24-14-13-16-6-2-1-3-7-16/h1-12,15,20H,13-14H2,(H,24,28)/t20-/m0/s1. The third-order valence-corrected chi connectivity index (χ3v) is 4.31. The Morgan fingerprint density at radius 1 is 0.929 bits per heavy atom. The molecule has 1 amide bonds. The van der Waals surface area contributed by atoms with Crippen LogP contribution in [0.3, 0.4) is 0 Å². The SMILES string of the molecule is O=C(NCCc1ccccc1)[C@H](C(=O)c1ccc(F)cc1)n1ccccc1=O. The van der Waals surface area contributed by atoms with E-state index in [0.29, 0.717) is 13.0 Å². The molecule has 0 unspecified atom stereocenters. The molecular formula is C22H19FN2O3. The van der Waals surface area contributed by atoms with Crippen molar-refractivity contribution < 1.29 is 14.0 Å². The van der Waals surface area contributed by atoms with Crippen molar-refractivity contribution in [2.45, 2.75) is 12.5 Å². The van der Waals surface area contributed by atoms with Gasteiger partial charge in [0.05, 0.1) is 0 Å². The molecule has 3 aromatic rings. The summed E-state index contributed by atoms with van der Waals surface area (Å²) in [5, 5.41) is 2.73. The zero-order chi connectivity index (χ0) is 19.9. The first kappa shape index (κ1) is 19.2. The number of carbonyl (C=O) groups is 2. The van der Waals surface area contributed by atoms with Gasteiger partial charge in [0, 0.05) is 24.4 Å². The van der Waals surface area contributed by atoms with Gasteiger partial charge in [-0.2, -0.15) is 0 Å². The van der Waals surface area contributed by atoms with Gasteiger partial charge in [0.25, 0.3) is 11.5 Å². The second-order valence-electron chi connectivity index (χ2n) is 6.25. The van der Waals surface area contributed by atoms with Crippen molar-refractivity contribution in [2.24, 2.45) is 0 Å². The van der Waals surface area contributed by atoms with E-state index in [9.17, 15) is 18.8 Å². The quantitative estimate of drug-likeness (QED) is 0.508. The number of nitrogens with one attached hydrogen (secondary N) is 1. The highest BCUT2D eigenvalue weighted by molar-refractivity contribution is 6.11. The molecule has 3 rings (SSSR count). The number of Topliss-reactive ketones (excluding diaryl/α,β-unsaturated/α-hetero) is 1. The van der Waals surface area contributed by atoms with E-state index < -0.39 is 29.1 Å². The van der Waals surface area contributed by atoms with Gasteiger partial charge in [0.15, 0.2) is 11.8 Å². The summed E-state index contributed by atoms with van der Waals surface area (Å²) in [6, 6.07) is 17.5. The zero-order valence-electron chi connectivity index (χ0n) is 15.0. The number of carbonyl (C=O) groups excluding carboxylic acids is 2. The minimum atomic E-state index is -1.37. The summed E-state index contributed by atoms with van der Waals surface area (Å²) < 4.78 is 14.3.